The minimum Gasteiger partial charge on any atom is -0.324 e. The fraction of sp³-hybridized carbons (Fsp3) is 0. The molecule has 0 aliphatic heterocycles. The van der Waals surface area contributed by atoms with Crippen molar-refractivity contribution in [2.45, 2.75) is 4.90 Å². The van der Waals surface area contributed by atoms with Crippen molar-refractivity contribution >= 4 is 44.2 Å². The van der Waals surface area contributed by atoms with Crippen LogP contribution in [-0.2, 0) is 10.0 Å². The van der Waals surface area contributed by atoms with E-state index in [1.165, 1.54) is 12.1 Å². The van der Waals surface area contributed by atoms with E-state index in [2.05, 4.69) is 15.3 Å². The molecule has 6 nitrogen and oxygen atoms in total. The quantitative estimate of drug-likeness (QED) is 0.767. The SMILES string of the molecule is NS(=O)(=O)c1ccc(Nc2ncc3c(Cl)cccc3n2)cc1. The number of hydrogen-bond acceptors (Lipinski definition) is 5. The Morgan fingerprint density at radius 3 is 2.50 bits per heavy atom. The van der Waals surface area contributed by atoms with Gasteiger partial charge in [0.1, 0.15) is 0 Å². The van der Waals surface area contributed by atoms with Gasteiger partial charge in [0, 0.05) is 17.3 Å². The summed E-state index contributed by atoms with van der Waals surface area (Å²) in [5.74, 6) is 0.387. The first-order valence-electron chi connectivity index (χ1n) is 6.25. The molecule has 22 heavy (non-hydrogen) atoms. The van der Waals surface area contributed by atoms with Gasteiger partial charge in [0.05, 0.1) is 15.4 Å². The standard InChI is InChI=1S/C14H11ClN4O2S/c15-12-2-1-3-13-11(12)8-17-14(19-13)18-9-4-6-10(7-5-9)22(16,20)21/h1-8H,(H2,16,20,21)(H,17,18,19). The number of halogens is 1. The van der Waals surface area contributed by atoms with Crippen LogP contribution in [0.15, 0.2) is 53.6 Å². The number of sulfonamides is 1. The Kier molecular flexibility index (Phi) is 3.69. The van der Waals surface area contributed by atoms with Crippen LogP contribution in [0.25, 0.3) is 10.9 Å². The Morgan fingerprint density at radius 2 is 1.82 bits per heavy atom. The van der Waals surface area contributed by atoms with E-state index in [0.717, 1.165) is 5.39 Å². The molecule has 3 rings (SSSR count). The van der Waals surface area contributed by atoms with Crippen LogP contribution in [0.4, 0.5) is 11.6 Å². The molecule has 0 saturated carbocycles. The molecule has 0 aliphatic carbocycles. The summed E-state index contributed by atoms with van der Waals surface area (Å²) in [6.07, 6.45) is 1.63. The van der Waals surface area contributed by atoms with Crippen LogP contribution in [0.1, 0.15) is 0 Å². The van der Waals surface area contributed by atoms with E-state index in [4.69, 9.17) is 16.7 Å². The maximum absolute atomic E-state index is 11.2. The van der Waals surface area contributed by atoms with E-state index >= 15 is 0 Å². The minimum atomic E-state index is -3.70. The maximum atomic E-state index is 11.2. The van der Waals surface area contributed by atoms with E-state index in [0.29, 0.717) is 22.2 Å². The number of nitrogens with two attached hydrogens (primary N) is 1. The fourth-order valence-electron chi connectivity index (χ4n) is 1.94. The molecule has 0 fully saturated rings. The number of aromatic nitrogens is 2. The Bertz CT molecular complexity index is 943. The van der Waals surface area contributed by atoms with E-state index < -0.39 is 10.0 Å². The van der Waals surface area contributed by atoms with Crippen molar-refractivity contribution in [1.29, 1.82) is 0 Å². The number of nitrogens with one attached hydrogen (secondary N) is 1. The molecule has 0 bridgehead atoms. The Hall–Kier alpha value is -2.22. The van der Waals surface area contributed by atoms with Gasteiger partial charge in [0.25, 0.3) is 0 Å². The molecule has 1 aromatic heterocycles. The van der Waals surface area contributed by atoms with Gasteiger partial charge in [-0.05, 0) is 36.4 Å². The Morgan fingerprint density at radius 1 is 1.09 bits per heavy atom. The van der Waals surface area contributed by atoms with Crippen LogP contribution in [0.3, 0.4) is 0 Å². The van der Waals surface area contributed by atoms with E-state index in [-0.39, 0.29) is 4.90 Å². The van der Waals surface area contributed by atoms with Crippen LogP contribution in [0, 0.1) is 0 Å². The minimum absolute atomic E-state index is 0.0456. The van der Waals surface area contributed by atoms with Crippen LogP contribution >= 0.6 is 11.6 Å². The third-order valence-electron chi connectivity index (χ3n) is 3.01. The first-order chi connectivity index (χ1) is 10.4. The summed E-state index contributed by atoms with van der Waals surface area (Å²) < 4.78 is 22.4. The van der Waals surface area contributed by atoms with Gasteiger partial charge in [-0.15, -0.1) is 0 Å². The molecule has 0 spiro atoms. The first kappa shape index (κ1) is 14.7. The second kappa shape index (κ2) is 5.53. The second-order valence-electron chi connectivity index (χ2n) is 4.56. The smallest absolute Gasteiger partial charge is 0.238 e. The summed E-state index contributed by atoms with van der Waals surface area (Å²) in [6.45, 7) is 0. The number of hydrogen-bond donors (Lipinski definition) is 2. The Labute approximate surface area is 132 Å². The average molecular weight is 335 g/mol. The molecule has 0 unspecified atom stereocenters. The summed E-state index contributed by atoms with van der Waals surface area (Å²) >= 11 is 6.06. The van der Waals surface area contributed by atoms with Crippen LogP contribution in [-0.4, -0.2) is 18.4 Å². The van der Waals surface area contributed by atoms with Gasteiger partial charge in [0.15, 0.2) is 0 Å². The second-order valence-corrected chi connectivity index (χ2v) is 6.53. The molecule has 0 aliphatic rings. The molecule has 0 amide bonds. The van der Waals surface area contributed by atoms with Gasteiger partial charge >= 0.3 is 0 Å². The van der Waals surface area contributed by atoms with E-state index in [1.807, 2.05) is 12.1 Å². The molecule has 1 heterocycles. The molecule has 2 aromatic carbocycles. The number of rotatable bonds is 3. The molecule has 3 aromatic rings. The maximum Gasteiger partial charge on any atom is 0.238 e. The lowest BCUT2D eigenvalue weighted by molar-refractivity contribution is 0.598. The molecule has 0 atom stereocenters. The van der Waals surface area contributed by atoms with Crippen LogP contribution in [0.5, 0.6) is 0 Å². The molecule has 3 N–H and O–H groups in total. The predicted octanol–water partition coefficient (Wildman–Crippen LogP) is 2.67. The van der Waals surface area contributed by atoms with Crippen molar-refractivity contribution in [3.63, 3.8) is 0 Å². The monoisotopic (exact) mass is 334 g/mol. The van der Waals surface area contributed by atoms with Gasteiger partial charge in [-0.2, -0.15) is 0 Å². The zero-order valence-electron chi connectivity index (χ0n) is 11.2. The number of benzene rings is 2. The molecule has 8 heteroatoms. The van der Waals surface area contributed by atoms with Gasteiger partial charge < -0.3 is 5.32 Å². The zero-order valence-corrected chi connectivity index (χ0v) is 12.8. The number of fused-ring (bicyclic) bond motifs is 1. The lowest BCUT2D eigenvalue weighted by atomic mass is 10.2. The highest BCUT2D eigenvalue weighted by Crippen LogP contribution is 2.23. The molecular weight excluding hydrogens is 324 g/mol. The lowest BCUT2D eigenvalue weighted by Gasteiger charge is -2.07. The molecule has 112 valence electrons. The number of nitrogens with zero attached hydrogens (tertiary/aromatic N) is 2. The van der Waals surface area contributed by atoms with Crippen molar-refractivity contribution in [2.24, 2.45) is 5.14 Å². The summed E-state index contributed by atoms with van der Waals surface area (Å²) in [4.78, 5) is 8.58. The Balaban J connectivity index is 1.90. The van der Waals surface area contributed by atoms with Gasteiger partial charge in [-0.25, -0.2) is 23.5 Å². The molecule has 0 saturated heterocycles. The normalized spacial score (nSPS) is 11.5. The van der Waals surface area contributed by atoms with Crippen molar-refractivity contribution in [1.82, 2.24) is 9.97 Å². The highest BCUT2D eigenvalue weighted by atomic mass is 35.5. The van der Waals surface area contributed by atoms with Crippen molar-refractivity contribution in [3.05, 3.63) is 53.7 Å². The molecule has 0 radical (unpaired) electrons. The third-order valence-corrected chi connectivity index (χ3v) is 4.27. The van der Waals surface area contributed by atoms with E-state index in [1.54, 1.807) is 24.4 Å². The van der Waals surface area contributed by atoms with Crippen LogP contribution < -0.4 is 10.5 Å². The zero-order chi connectivity index (χ0) is 15.7. The summed E-state index contributed by atoms with van der Waals surface area (Å²) in [5.41, 5.74) is 1.36. The highest BCUT2D eigenvalue weighted by molar-refractivity contribution is 7.89. The van der Waals surface area contributed by atoms with Gasteiger partial charge in [-0.1, -0.05) is 17.7 Å². The van der Waals surface area contributed by atoms with Crippen molar-refractivity contribution < 1.29 is 8.42 Å². The largest absolute Gasteiger partial charge is 0.324 e. The fourth-order valence-corrected chi connectivity index (χ4v) is 2.67. The lowest BCUT2D eigenvalue weighted by Crippen LogP contribution is -2.11. The van der Waals surface area contributed by atoms with Gasteiger partial charge in [0.2, 0.25) is 16.0 Å². The van der Waals surface area contributed by atoms with Crippen molar-refractivity contribution in [2.75, 3.05) is 5.32 Å². The van der Waals surface area contributed by atoms with Gasteiger partial charge in [-0.3, -0.25) is 0 Å². The predicted molar refractivity (Wildman–Crippen MR) is 85.6 cm³/mol. The average Bonchev–Trinajstić information content (AvgIpc) is 2.47. The summed E-state index contributed by atoms with van der Waals surface area (Å²) in [7, 11) is -3.70. The van der Waals surface area contributed by atoms with E-state index in [9.17, 15) is 8.42 Å². The number of anilines is 2. The summed E-state index contributed by atoms with van der Waals surface area (Å²) in [6, 6.07) is 11.4. The highest BCUT2D eigenvalue weighted by Gasteiger charge is 2.07. The summed E-state index contributed by atoms with van der Waals surface area (Å²) in [5, 5.41) is 9.39. The number of primary sulfonamides is 1. The topological polar surface area (TPSA) is 98.0 Å². The van der Waals surface area contributed by atoms with Crippen molar-refractivity contribution in [3.8, 4) is 0 Å². The molecular formula is C14H11ClN4O2S. The third kappa shape index (κ3) is 3.01. The first-order valence-corrected chi connectivity index (χ1v) is 8.17. The van der Waals surface area contributed by atoms with Crippen LogP contribution in [0.2, 0.25) is 5.02 Å².